The van der Waals surface area contributed by atoms with Crippen LogP contribution < -0.4 is 10.2 Å². The number of amides is 2. The fourth-order valence-corrected chi connectivity index (χ4v) is 2.83. The van der Waals surface area contributed by atoms with Crippen molar-refractivity contribution in [2.45, 2.75) is 25.7 Å². The summed E-state index contributed by atoms with van der Waals surface area (Å²) in [4.78, 5) is 25.9. The standard InChI is InChI=1S/C19H20N2O2/c22-18(13-12-15-7-2-1-3-8-15)20-16-9-4-5-10-17(16)21-14-6-11-19(21)23/h1-5,7-10H,6,11-14H2,(H,20,22). The number of hydrogen-bond acceptors (Lipinski definition) is 2. The predicted molar refractivity (Wildman–Crippen MR) is 91.4 cm³/mol. The van der Waals surface area contributed by atoms with Crippen LogP contribution in [0.3, 0.4) is 0 Å². The van der Waals surface area contributed by atoms with Crippen LogP contribution in [-0.2, 0) is 16.0 Å². The van der Waals surface area contributed by atoms with Gasteiger partial charge in [-0.2, -0.15) is 0 Å². The van der Waals surface area contributed by atoms with Crippen LogP contribution in [0.1, 0.15) is 24.8 Å². The lowest BCUT2D eigenvalue weighted by atomic mass is 10.1. The largest absolute Gasteiger partial charge is 0.324 e. The summed E-state index contributed by atoms with van der Waals surface area (Å²) in [6, 6.07) is 17.4. The number of nitrogens with one attached hydrogen (secondary N) is 1. The lowest BCUT2D eigenvalue weighted by Crippen LogP contribution is -2.25. The van der Waals surface area contributed by atoms with Crippen LogP contribution in [0.5, 0.6) is 0 Å². The van der Waals surface area contributed by atoms with Gasteiger partial charge in [0.05, 0.1) is 11.4 Å². The van der Waals surface area contributed by atoms with Gasteiger partial charge < -0.3 is 10.2 Å². The molecule has 0 bridgehead atoms. The van der Waals surface area contributed by atoms with E-state index in [0.29, 0.717) is 24.9 Å². The molecule has 1 aliphatic rings. The first-order valence-corrected chi connectivity index (χ1v) is 7.97. The zero-order chi connectivity index (χ0) is 16.1. The molecule has 0 aromatic heterocycles. The smallest absolute Gasteiger partial charge is 0.227 e. The molecule has 4 nitrogen and oxygen atoms in total. The Bertz CT molecular complexity index is 698. The summed E-state index contributed by atoms with van der Waals surface area (Å²) < 4.78 is 0. The third-order valence-corrected chi connectivity index (χ3v) is 4.03. The van der Waals surface area contributed by atoms with E-state index in [1.807, 2.05) is 54.6 Å². The van der Waals surface area contributed by atoms with Crippen molar-refractivity contribution in [1.29, 1.82) is 0 Å². The summed E-state index contributed by atoms with van der Waals surface area (Å²) in [5, 5.41) is 2.95. The molecule has 1 saturated heterocycles. The lowest BCUT2D eigenvalue weighted by molar-refractivity contribution is -0.117. The van der Waals surface area contributed by atoms with E-state index < -0.39 is 0 Å². The second-order valence-electron chi connectivity index (χ2n) is 5.70. The third-order valence-electron chi connectivity index (χ3n) is 4.03. The van der Waals surface area contributed by atoms with Crippen LogP contribution in [0.25, 0.3) is 0 Å². The van der Waals surface area contributed by atoms with Gasteiger partial charge >= 0.3 is 0 Å². The van der Waals surface area contributed by atoms with E-state index in [9.17, 15) is 9.59 Å². The zero-order valence-corrected chi connectivity index (χ0v) is 13.0. The fourth-order valence-electron chi connectivity index (χ4n) is 2.83. The van der Waals surface area contributed by atoms with Gasteiger partial charge in [-0.15, -0.1) is 0 Å². The van der Waals surface area contributed by atoms with Crippen LogP contribution in [0, 0.1) is 0 Å². The number of carbonyl (C=O) groups is 2. The van der Waals surface area contributed by atoms with Gasteiger partial charge in [0.2, 0.25) is 11.8 Å². The molecule has 1 heterocycles. The number of para-hydroxylation sites is 2. The minimum absolute atomic E-state index is 0.0343. The molecule has 0 radical (unpaired) electrons. The number of aryl methyl sites for hydroxylation is 1. The normalized spacial score (nSPS) is 14.1. The van der Waals surface area contributed by atoms with Crippen molar-refractivity contribution >= 4 is 23.2 Å². The SMILES string of the molecule is O=C(CCc1ccccc1)Nc1ccccc1N1CCCC1=O. The first-order valence-electron chi connectivity index (χ1n) is 7.97. The Morgan fingerprint density at radius 1 is 1.04 bits per heavy atom. The second kappa shape index (κ2) is 7.09. The van der Waals surface area contributed by atoms with Gasteiger partial charge in [-0.25, -0.2) is 0 Å². The molecular formula is C19H20N2O2. The Kier molecular flexibility index (Phi) is 4.71. The average Bonchev–Trinajstić information content (AvgIpc) is 3.00. The summed E-state index contributed by atoms with van der Waals surface area (Å²) >= 11 is 0. The van der Waals surface area contributed by atoms with Gasteiger partial charge in [0, 0.05) is 19.4 Å². The van der Waals surface area contributed by atoms with Gasteiger partial charge in [0.1, 0.15) is 0 Å². The van der Waals surface area contributed by atoms with E-state index in [-0.39, 0.29) is 11.8 Å². The fraction of sp³-hybridized carbons (Fsp3) is 0.263. The summed E-state index contributed by atoms with van der Waals surface area (Å²) in [6.07, 6.45) is 2.58. The Morgan fingerprint density at radius 2 is 1.78 bits per heavy atom. The third kappa shape index (κ3) is 3.77. The molecule has 23 heavy (non-hydrogen) atoms. The maximum Gasteiger partial charge on any atom is 0.227 e. The van der Waals surface area contributed by atoms with Gasteiger partial charge in [-0.05, 0) is 30.5 Å². The molecule has 0 aliphatic carbocycles. The number of nitrogens with zero attached hydrogens (tertiary/aromatic N) is 1. The molecule has 2 amide bonds. The quantitative estimate of drug-likeness (QED) is 0.920. The number of benzene rings is 2. The monoisotopic (exact) mass is 308 g/mol. The minimum Gasteiger partial charge on any atom is -0.324 e. The van der Waals surface area contributed by atoms with Crippen molar-refractivity contribution in [3.8, 4) is 0 Å². The molecule has 3 rings (SSSR count). The summed E-state index contributed by atoms with van der Waals surface area (Å²) in [7, 11) is 0. The number of hydrogen-bond donors (Lipinski definition) is 1. The summed E-state index contributed by atoms with van der Waals surface area (Å²) in [6.45, 7) is 0.718. The highest BCUT2D eigenvalue weighted by molar-refractivity contribution is 6.02. The molecule has 1 aliphatic heterocycles. The van der Waals surface area contributed by atoms with E-state index in [0.717, 1.165) is 24.2 Å². The van der Waals surface area contributed by atoms with Crippen molar-refractivity contribution < 1.29 is 9.59 Å². The molecule has 0 atom stereocenters. The van der Waals surface area contributed by atoms with Crippen molar-refractivity contribution in [2.24, 2.45) is 0 Å². The van der Waals surface area contributed by atoms with E-state index >= 15 is 0 Å². The van der Waals surface area contributed by atoms with Gasteiger partial charge in [0.25, 0.3) is 0 Å². The second-order valence-corrected chi connectivity index (χ2v) is 5.70. The van der Waals surface area contributed by atoms with Crippen molar-refractivity contribution in [2.75, 3.05) is 16.8 Å². The summed E-state index contributed by atoms with van der Waals surface area (Å²) in [5.41, 5.74) is 2.65. The van der Waals surface area contributed by atoms with Crippen LogP contribution in [0.2, 0.25) is 0 Å². The topological polar surface area (TPSA) is 49.4 Å². The average molecular weight is 308 g/mol. The van der Waals surface area contributed by atoms with Crippen molar-refractivity contribution in [1.82, 2.24) is 0 Å². The highest BCUT2D eigenvalue weighted by atomic mass is 16.2. The Morgan fingerprint density at radius 3 is 2.52 bits per heavy atom. The molecule has 118 valence electrons. The maximum atomic E-state index is 12.2. The zero-order valence-electron chi connectivity index (χ0n) is 13.0. The molecule has 2 aromatic rings. The van der Waals surface area contributed by atoms with Crippen LogP contribution in [0.15, 0.2) is 54.6 Å². The van der Waals surface area contributed by atoms with E-state index in [1.165, 1.54) is 0 Å². The van der Waals surface area contributed by atoms with E-state index in [4.69, 9.17) is 0 Å². The molecule has 1 N–H and O–H groups in total. The Hall–Kier alpha value is -2.62. The predicted octanol–water partition coefficient (Wildman–Crippen LogP) is 3.38. The van der Waals surface area contributed by atoms with E-state index in [2.05, 4.69) is 5.32 Å². The van der Waals surface area contributed by atoms with E-state index in [1.54, 1.807) is 4.90 Å². The highest BCUT2D eigenvalue weighted by Gasteiger charge is 2.24. The Labute approximate surface area is 136 Å². The molecule has 4 heteroatoms. The lowest BCUT2D eigenvalue weighted by Gasteiger charge is -2.20. The number of carbonyl (C=O) groups excluding carboxylic acids is 2. The van der Waals surface area contributed by atoms with Crippen LogP contribution >= 0.6 is 0 Å². The maximum absolute atomic E-state index is 12.2. The van der Waals surface area contributed by atoms with Gasteiger partial charge in [-0.1, -0.05) is 42.5 Å². The Balaban J connectivity index is 1.65. The first kappa shape index (κ1) is 15.3. The number of anilines is 2. The molecule has 2 aromatic carbocycles. The minimum atomic E-state index is -0.0343. The van der Waals surface area contributed by atoms with Gasteiger partial charge in [-0.3, -0.25) is 9.59 Å². The molecule has 0 unspecified atom stereocenters. The van der Waals surface area contributed by atoms with Crippen LogP contribution in [0.4, 0.5) is 11.4 Å². The molecule has 1 fully saturated rings. The molecular weight excluding hydrogens is 288 g/mol. The molecule has 0 spiro atoms. The highest BCUT2D eigenvalue weighted by Crippen LogP contribution is 2.29. The number of rotatable bonds is 5. The van der Waals surface area contributed by atoms with Gasteiger partial charge in [0.15, 0.2) is 0 Å². The van der Waals surface area contributed by atoms with Crippen molar-refractivity contribution in [3.05, 3.63) is 60.2 Å². The van der Waals surface area contributed by atoms with Crippen molar-refractivity contribution in [3.63, 3.8) is 0 Å². The summed E-state index contributed by atoms with van der Waals surface area (Å²) in [5.74, 6) is 0.0870. The molecule has 0 saturated carbocycles. The first-order chi connectivity index (χ1) is 11.2. The van der Waals surface area contributed by atoms with Crippen LogP contribution in [-0.4, -0.2) is 18.4 Å².